The molecular weight excluding hydrogens is 316 g/mol. The predicted molar refractivity (Wildman–Crippen MR) is 79.4 cm³/mol. The number of rotatable bonds is 3. The zero-order chi connectivity index (χ0) is 15.6. The van der Waals surface area contributed by atoms with Crippen molar-refractivity contribution in [3.63, 3.8) is 0 Å². The number of anilines is 2. The highest BCUT2D eigenvalue weighted by Crippen LogP contribution is 2.19. The van der Waals surface area contributed by atoms with Crippen molar-refractivity contribution in [1.29, 1.82) is 0 Å². The first-order chi connectivity index (χ1) is 9.77. The Bertz CT molecular complexity index is 791. The highest BCUT2D eigenvalue weighted by atomic mass is 35.5. The molecule has 0 fully saturated rings. The van der Waals surface area contributed by atoms with Crippen molar-refractivity contribution in [2.75, 3.05) is 11.1 Å². The van der Waals surface area contributed by atoms with Crippen molar-refractivity contribution in [3.05, 3.63) is 47.1 Å². The van der Waals surface area contributed by atoms with Gasteiger partial charge in [-0.1, -0.05) is 11.6 Å². The molecule has 2 aromatic rings. The molecule has 1 heterocycles. The van der Waals surface area contributed by atoms with Crippen molar-refractivity contribution >= 4 is 39.0 Å². The monoisotopic (exact) mass is 326 g/mol. The van der Waals surface area contributed by atoms with Crippen LogP contribution < -0.4 is 16.2 Å². The summed E-state index contributed by atoms with van der Waals surface area (Å²) in [7, 11) is -3.77. The highest BCUT2D eigenvalue weighted by molar-refractivity contribution is 7.89. The first-order valence-electron chi connectivity index (χ1n) is 5.62. The standard InChI is InChI=1S/C12H11ClN4O3S/c13-10-6-16-11(14)5-9(10)12(18)17-7-1-3-8(4-2-7)21(15,19)20/h1-6H,(H2,14,16)(H,17,18)(H2,15,19,20). The molecule has 21 heavy (non-hydrogen) atoms. The lowest BCUT2D eigenvalue weighted by molar-refractivity contribution is 0.102. The van der Waals surface area contributed by atoms with Gasteiger partial charge in [0.05, 0.1) is 15.5 Å². The summed E-state index contributed by atoms with van der Waals surface area (Å²) in [5.41, 5.74) is 6.05. The van der Waals surface area contributed by atoms with Gasteiger partial charge in [-0.3, -0.25) is 4.79 Å². The molecule has 0 aliphatic rings. The molecule has 0 aliphatic carbocycles. The molecule has 7 nitrogen and oxygen atoms in total. The number of amides is 1. The number of nitrogens with two attached hydrogens (primary N) is 2. The minimum atomic E-state index is -3.77. The zero-order valence-electron chi connectivity index (χ0n) is 10.6. The molecule has 1 aromatic heterocycles. The van der Waals surface area contributed by atoms with E-state index in [4.69, 9.17) is 22.5 Å². The summed E-state index contributed by atoms with van der Waals surface area (Å²) in [5, 5.41) is 7.70. The number of halogens is 1. The van der Waals surface area contributed by atoms with Crippen LogP contribution in [0.1, 0.15) is 10.4 Å². The SMILES string of the molecule is Nc1cc(C(=O)Nc2ccc(S(N)(=O)=O)cc2)c(Cl)cn1. The van der Waals surface area contributed by atoms with Crippen LogP contribution in [0, 0.1) is 0 Å². The van der Waals surface area contributed by atoms with Gasteiger partial charge in [0.1, 0.15) is 5.82 Å². The maximum Gasteiger partial charge on any atom is 0.257 e. The van der Waals surface area contributed by atoms with E-state index in [0.29, 0.717) is 5.69 Å². The van der Waals surface area contributed by atoms with Gasteiger partial charge in [-0.05, 0) is 30.3 Å². The molecule has 0 spiro atoms. The number of hydrogen-bond acceptors (Lipinski definition) is 5. The van der Waals surface area contributed by atoms with Gasteiger partial charge in [0.15, 0.2) is 0 Å². The van der Waals surface area contributed by atoms with Crippen LogP contribution in [-0.4, -0.2) is 19.3 Å². The van der Waals surface area contributed by atoms with E-state index in [9.17, 15) is 13.2 Å². The van der Waals surface area contributed by atoms with Crippen molar-refractivity contribution in [2.45, 2.75) is 4.90 Å². The van der Waals surface area contributed by atoms with Crippen molar-refractivity contribution in [1.82, 2.24) is 4.98 Å². The highest BCUT2D eigenvalue weighted by Gasteiger charge is 2.12. The third-order valence-electron chi connectivity index (χ3n) is 2.56. The Morgan fingerprint density at radius 3 is 2.43 bits per heavy atom. The van der Waals surface area contributed by atoms with Gasteiger partial charge in [-0.15, -0.1) is 0 Å². The first-order valence-corrected chi connectivity index (χ1v) is 7.55. The van der Waals surface area contributed by atoms with Crippen molar-refractivity contribution < 1.29 is 13.2 Å². The first kappa shape index (κ1) is 15.2. The molecule has 0 saturated heterocycles. The predicted octanol–water partition coefficient (Wildman–Crippen LogP) is 1.22. The lowest BCUT2D eigenvalue weighted by Gasteiger charge is -2.07. The molecule has 0 saturated carbocycles. The Morgan fingerprint density at radius 2 is 1.86 bits per heavy atom. The van der Waals surface area contributed by atoms with E-state index in [1.165, 1.54) is 36.5 Å². The molecule has 2 rings (SSSR count). The Balaban J connectivity index is 2.22. The number of benzene rings is 1. The summed E-state index contributed by atoms with van der Waals surface area (Å²) in [6.45, 7) is 0. The number of pyridine rings is 1. The molecule has 0 aliphatic heterocycles. The van der Waals surface area contributed by atoms with Crippen LogP contribution in [0.5, 0.6) is 0 Å². The molecule has 5 N–H and O–H groups in total. The van der Waals surface area contributed by atoms with Gasteiger partial charge in [0.2, 0.25) is 10.0 Å². The van der Waals surface area contributed by atoms with E-state index in [1.807, 2.05) is 0 Å². The normalized spacial score (nSPS) is 11.1. The molecule has 9 heteroatoms. The van der Waals surface area contributed by atoms with Crippen LogP contribution in [0.4, 0.5) is 11.5 Å². The topological polar surface area (TPSA) is 128 Å². The van der Waals surface area contributed by atoms with Crippen LogP contribution in [0.2, 0.25) is 5.02 Å². The number of sulfonamides is 1. The number of nitrogens with one attached hydrogen (secondary N) is 1. The maximum absolute atomic E-state index is 12.0. The molecule has 0 radical (unpaired) electrons. The number of hydrogen-bond donors (Lipinski definition) is 3. The quantitative estimate of drug-likeness (QED) is 0.781. The van der Waals surface area contributed by atoms with Crippen LogP contribution in [0.15, 0.2) is 41.4 Å². The van der Waals surface area contributed by atoms with Crippen LogP contribution in [0.25, 0.3) is 0 Å². The molecule has 0 atom stereocenters. The molecule has 1 amide bonds. The smallest absolute Gasteiger partial charge is 0.257 e. The van der Waals surface area contributed by atoms with Gasteiger partial charge in [0.25, 0.3) is 5.91 Å². The Hall–Kier alpha value is -2.16. The zero-order valence-corrected chi connectivity index (χ0v) is 12.1. The lowest BCUT2D eigenvalue weighted by Crippen LogP contribution is -2.14. The fraction of sp³-hybridized carbons (Fsp3) is 0. The summed E-state index contributed by atoms with van der Waals surface area (Å²) in [5.74, 6) is -0.327. The molecular formula is C12H11ClN4O3S. The van der Waals surface area contributed by atoms with E-state index in [0.717, 1.165) is 0 Å². The van der Waals surface area contributed by atoms with E-state index in [2.05, 4.69) is 10.3 Å². The van der Waals surface area contributed by atoms with Gasteiger partial charge < -0.3 is 11.1 Å². The summed E-state index contributed by atoms with van der Waals surface area (Å²) in [4.78, 5) is 15.8. The molecule has 0 unspecified atom stereocenters. The summed E-state index contributed by atoms with van der Waals surface area (Å²) >= 11 is 5.87. The summed E-state index contributed by atoms with van der Waals surface area (Å²) in [6.07, 6.45) is 1.27. The van der Waals surface area contributed by atoms with Crippen molar-refractivity contribution in [3.8, 4) is 0 Å². The van der Waals surface area contributed by atoms with Gasteiger partial charge in [-0.2, -0.15) is 0 Å². The average molecular weight is 327 g/mol. The van der Waals surface area contributed by atoms with E-state index >= 15 is 0 Å². The maximum atomic E-state index is 12.0. The van der Waals surface area contributed by atoms with Gasteiger partial charge in [-0.25, -0.2) is 18.5 Å². The molecule has 110 valence electrons. The fourth-order valence-electron chi connectivity index (χ4n) is 1.56. The summed E-state index contributed by atoms with van der Waals surface area (Å²) < 4.78 is 22.2. The second-order valence-electron chi connectivity index (χ2n) is 4.11. The molecule has 1 aromatic carbocycles. The number of primary sulfonamides is 1. The number of nitrogens with zero attached hydrogens (tertiary/aromatic N) is 1. The van der Waals surface area contributed by atoms with Crippen LogP contribution >= 0.6 is 11.6 Å². The number of aromatic nitrogens is 1. The Labute approximate surface area is 126 Å². The third-order valence-corrected chi connectivity index (χ3v) is 3.79. The number of carbonyl (C=O) groups is 1. The lowest BCUT2D eigenvalue weighted by atomic mass is 10.2. The Kier molecular flexibility index (Phi) is 4.12. The number of nitrogen functional groups attached to an aromatic ring is 1. The van der Waals surface area contributed by atoms with E-state index in [1.54, 1.807) is 0 Å². The summed E-state index contributed by atoms with van der Waals surface area (Å²) in [6, 6.07) is 6.74. The van der Waals surface area contributed by atoms with E-state index in [-0.39, 0.29) is 21.3 Å². The second-order valence-corrected chi connectivity index (χ2v) is 6.08. The Morgan fingerprint density at radius 1 is 1.24 bits per heavy atom. The van der Waals surface area contributed by atoms with Gasteiger partial charge in [0, 0.05) is 11.9 Å². The van der Waals surface area contributed by atoms with Gasteiger partial charge >= 0.3 is 0 Å². The second kappa shape index (κ2) is 5.68. The minimum Gasteiger partial charge on any atom is -0.384 e. The van der Waals surface area contributed by atoms with Crippen LogP contribution in [0.3, 0.4) is 0 Å². The minimum absolute atomic E-state index is 0.0494. The van der Waals surface area contributed by atoms with E-state index < -0.39 is 15.9 Å². The van der Waals surface area contributed by atoms with Crippen molar-refractivity contribution in [2.24, 2.45) is 5.14 Å². The third kappa shape index (κ3) is 3.69. The largest absolute Gasteiger partial charge is 0.384 e. The fourth-order valence-corrected chi connectivity index (χ4v) is 2.26. The van der Waals surface area contributed by atoms with Crippen LogP contribution in [-0.2, 0) is 10.0 Å². The number of carbonyl (C=O) groups excluding carboxylic acids is 1. The molecule has 0 bridgehead atoms. The average Bonchev–Trinajstić information content (AvgIpc) is 2.41.